The van der Waals surface area contributed by atoms with E-state index in [4.69, 9.17) is 10.5 Å². The highest BCUT2D eigenvalue weighted by molar-refractivity contribution is 4.69. The van der Waals surface area contributed by atoms with Crippen LogP contribution in [-0.4, -0.2) is 38.0 Å². The molecule has 0 aromatic heterocycles. The zero-order valence-electron chi connectivity index (χ0n) is 9.48. The minimum atomic E-state index is -0.922. The molecule has 86 valence electrons. The van der Waals surface area contributed by atoms with Crippen molar-refractivity contribution in [2.75, 3.05) is 26.3 Å². The number of nitrogens with two attached hydrogens (primary N) is 1. The third-order valence-corrected chi connectivity index (χ3v) is 1.68. The van der Waals surface area contributed by atoms with Crippen molar-refractivity contribution in [3.05, 3.63) is 0 Å². The summed E-state index contributed by atoms with van der Waals surface area (Å²) in [7, 11) is 0. The normalized spacial score (nSPS) is 14.4. The lowest BCUT2D eigenvalue weighted by atomic mass is 10.1. The molecule has 0 aromatic carbocycles. The zero-order valence-corrected chi connectivity index (χ0v) is 9.48. The van der Waals surface area contributed by atoms with E-state index in [-0.39, 0.29) is 12.1 Å². The van der Waals surface area contributed by atoms with Gasteiger partial charge in [0.2, 0.25) is 0 Å². The molecule has 0 fully saturated rings. The van der Waals surface area contributed by atoms with E-state index < -0.39 is 6.17 Å². The van der Waals surface area contributed by atoms with Crippen LogP contribution in [0.1, 0.15) is 27.2 Å². The first kappa shape index (κ1) is 13.8. The van der Waals surface area contributed by atoms with Gasteiger partial charge in [-0.05, 0) is 33.7 Å². The second kappa shape index (κ2) is 7.15. The standard InChI is InChI=1S/C10H23FN2O/c1-10(2,3)13-6-7-14-8-9(11)4-5-12/h9,13H,4-8,12H2,1-3H3. The smallest absolute Gasteiger partial charge is 0.125 e. The number of halogens is 1. The van der Waals surface area contributed by atoms with Crippen molar-refractivity contribution in [2.24, 2.45) is 5.73 Å². The average Bonchev–Trinajstić information content (AvgIpc) is 2.02. The van der Waals surface area contributed by atoms with E-state index >= 15 is 0 Å². The summed E-state index contributed by atoms with van der Waals surface area (Å²) in [6.45, 7) is 8.08. The molecule has 1 unspecified atom stereocenters. The topological polar surface area (TPSA) is 47.3 Å². The summed E-state index contributed by atoms with van der Waals surface area (Å²) in [5.74, 6) is 0. The second-order valence-electron chi connectivity index (χ2n) is 4.43. The number of hydrogen-bond acceptors (Lipinski definition) is 3. The number of ether oxygens (including phenoxy) is 1. The summed E-state index contributed by atoms with van der Waals surface area (Å²) < 4.78 is 18.0. The van der Waals surface area contributed by atoms with Gasteiger partial charge in [0.25, 0.3) is 0 Å². The molecular formula is C10H23FN2O. The zero-order chi connectivity index (χ0) is 11.0. The van der Waals surface area contributed by atoms with Crippen molar-refractivity contribution in [1.82, 2.24) is 5.32 Å². The predicted octanol–water partition coefficient (Wildman–Crippen LogP) is 1.08. The fourth-order valence-electron chi connectivity index (χ4n) is 0.974. The lowest BCUT2D eigenvalue weighted by Gasteiger charge is -2.20. The quantitative estimate of drug-likeness (QED) is 0.613. The Kier molecular flexibility index (Phi) is 7.05. The van der Waals surface area contributed by atoms with Gasteiger partial charge < -0.3 is 15.8 Å². The van der Waals surface area contributed by atoms with Crippen molar-refractivity contribution < 1.29 is 9.13 Å². The van der Waals surface area contributed by atoms with Crippen LogP contribution in [-0.2, 0) is 4.74 Å². The van der Waals surface area contributed by atoms with Crippen LogP contribution in [0.5, 0.6) is 0 Å². The summed E-state index contributed by atoms with van der Waals surface area (Å²) in [6.07, 6.45) is -0.540. The Balaban J connectivity index is 3.21. The van der Waals surface area contributed by atoms with Crippen molar-refractivity contribution in [2.45, 2.75) is 38.9 Å². The van der Waals surface area contributed by atoms with Gasteiger partial charge in [0, 0.05) is 12.1 Å². The first-order chi connectivity index (χ1) is 6.45. The maximum Gasteiger partial charge on any atom is 0.125 e. The highest BCUT2D eigenvalue weighted by Gasteiger charge is 2.08. The van der Waals surface area contributed by atoms with Crippen LogP contribution < -0.4 is 11.1 Å². The average molecular weight is 206 g/mol. The van der Waals surface area contributed by atoms with Gasteiger partial charge in [-0.1, -0.05) is 0 Å². The van der Waals surface area contributed by atoms with Gasteiger partial charge in [-0.25, -0.2) is 4.39 Å². The molecule has 0 rings (SSSR count). The van der Waals surface area contributed by atoms with E-state index in [1.54, 1.807) is 0 Å². The van der Waals surface area contributed by atoms with E-state index in [1.165, 1.54) is 0 Å². The Morgan fingerprint density at radius 1 is 1.43 bits per heavy atom. The van der Waals surface area contributed by atoms with Crippen LogP contribution >= 0.6 is 0 Å². The molecule has 14 heavy (non-hydrogen) atoms. The summed E-state index contributed by atoms with van der Waals surface area (Å²) in [4.78, 5) is 0. The van der Waals surface area contributed by atoms with Crippen molar-refractivity contribution >= 4 is 0 Å². The van der Waals surface area contributed by atoms with Gasteiger partial charge in [-0.3, -0.25) is 0 Å². The molecule has 3 N–H and O–H groups in total. The highest BCUT2D eigenvalue weighted by atomic mass is 19.1. The molecule has 0 aliphatic heterocycles. The van der Waals surface area contributed by atoms with Crippen molar-refractivity contribution in [3.8, 4) is 0 Å². The Labute approximate surface area is 86.2 Å². The first-order valence-electron chi connectivity index (χ1n) is 5.12. The van der Waals surface area contributed by atoms with Crippen LogP contribution in [0, 0.1) is 0 Å². The third-order valence-electron chi connectivity index (χ3n) is 1.68. The number of hydrogen-bond donors (Lipinski definition) is 2. The van der Waals surface area contributed by atoms with Crippen LogP contribution in [0.2, 0.25) is 0 Å². The van der Waals surface area contributed by atoms with Crippen LogP contribution in [0.25, 0.3) is 0 Å². The molecule has 0 saturated carbocycles. The Morgan fingerprint density at radius 2 is 2.07 bits per heavy atom. The van der Waals surface area contributed by atoms with Crippen LogP contribution in [0.4, 0.5) is 4.39 Å². The van der Waals surface area contributed by atoms with Gasteiger partial charge in [-0.15, -0.1) is 0 Å². The third kappa shape index (κ3) is 9.89. The molecule has 0 amide bonds. The second-order valence-corrected chi connectivity index (χ2v) is 4.43. The minimum Gasteiger partial charge on any atom is -0.377 e. The SMILES string of the molecule is CC(C)(C)NCCOCC(F)CCN. The number of alkyl halides is 1. The summed E-state index contributed by atoms with van der Waals surface area (Å²) in [5.41, 5.74) is 5.30. The molecule has 0 heterocycles. The molecule has 0 aliphatic carbocycles. The van der Waals surface area contributed by atoms with Gasteiger partial charge in [0.1, 0.15) is 6.17 Å². The first-order valence-corrected chi connectivity index (χ1v) is 5.12. The Morgan fingerprint density at radius 3 is 2.57 bits per heavy atom. The maximum absolute atomic E-state index is 12.8. The van der Waals surface area contributed by atoms with Gasteiger partial charge >= 0.3 is 0 Å². The lowest BCUT2D eigenvalue weighted by molar-refractivity contribution is 0.0771. The molecule has 3 nitrogen and oxygen atoms in total. The molecule has 0 saturated heterocycles. The molecular weight excluding hydrogens is 183 g/mol. The van der Waals surface area contributed by atoms with Gasteiger partial charge in [0.15, 0.2) is 0 Å². The predicted molar refractivity (Wildman–Crippen MR) is 57.1 cm³/mol. The summed E-state index contributed by atoms with van der Waals surface area (Å²) >= 11 is 0. The van der Waals surface area contributed by atoms with Gasteiger partial charge in [-0.2, -0.15) is 0 Å². The summed E-state index contributed by atoms with van der Waals surface area (Å²) in [6, 6.07) is 0. The Bertz CT molecular complexity index is 137. The van der Waals surface area contributed by atoms with Crippen molar-refractivity contribution in [1.29, 1.82) is 0 Å². The molecule has 0 bridgehead atoms. The number of nitrogens with one attached hydrogen (secondary N) is 1. The van der Waals surface area contributed by atoms with Crippen molar-refractivity contribution in [3.63, 3.8) is 0 Å². The molecule has 0 spiro atoms. The molecule has 0 aliphatic rings. The molecule has 1 atom stereocenters. The van der Waals surface area contributed by atoms with Crippen LogP contribution in [0.3, 0.4) is 0 Å². The van der Waals surface area contributed by atoms with Gasteiger partial charge in [0.05, 0.1) is 13.2 Å². The van der Waals surface area contributed by atoms with E-state index in [0.29, 0.717) is 19.6 Å². The summed E-state index contributed by atoms with van der Waals surface area (Å²) in [5, 5.41) is 3.26. The van der Waals surface area contributed by atoms with E-state index in [2.05, 4.69) is 26.1 Å². The molecule has 4 heteroatoms. The van der Waals surface area contributed by atoms with E-state index in [1.807, 2.05) is 0 Å². The minimum absolute atomic E-state index is 0.0930. The monoisotopic (exact) mass is 206 g/mol. The number of rotatable bonds is 7. The Hall–Kier alpha value is -0.190. The molecule has 0 radical (unpaired) electrons. The molecule has 0 aromatic rings. The van der Waals surface area contributed by atoms with E-state index in [9.17, 15) is 4.39 Å². The fraction of sp³-hybridized carbons (Fsp3) is 1.00. The lowest BCUT2D eigenvalue weighted by Crippen LogP contribution is -2.38. The fourth-order valence-corrected chi connectivity index (χ4v) is 0.974. The maximum atomic E-state index is 12.8. The highest BCUT2D eigenvalue weighted by Crippen LogP contribution is 1.98. The van der Waals surface area contributed by atoms with E-state index in [0.717, 1.165) is 6.54 Å². The largest absolute Gasteiger partial charge is 0.377 e. The van der Waals surface area contributed by atoms with Crippen LogP contribution in [0.15, 0.2) is 0 Å².